The van der Waals surface area contributed by atoms with Crippen LogP contribution in [0.1, 0.15) is 5.56 Å². The zero-order valence-electron chi connectivity index (χ0n) is 7.00. The third-order valence-electron chi connectivity index (χ3n) is 1.90. The molecular weight excluding hydrogens is 263 g/mol. The number of pyridine rings is 1. The van der Waals surface area contributed by atoms with Crippen LogP contribution >= 0.6 is 22.6 Å². The molecule has 0 saturated heterocycles. The first-order valence-corrected chi connectivity index (χ1v) is 4.83. The van der Waals surface area contributed by atoms with Gasteiger partial charge in [-0.3, -0.25) is 0 Å². The van der Waals surface area contributed by atoms with E-state index in [0.29, 0.717) is 0 Å². The molecule has 0 aromatic carbocycles. The normalized spacial score (nSPS) is 10.9. The number of rotatable bonds is 0. The van der Waals surface area contributed by atoms with E-state index in [1.165, 1.54) is 14.5 Å². The predicted octanol–water partition coefficient (Wildman–Crippen LogP) is 2.49. The number of aromatic nitrogens is 2. The molecule has 2 aromatic rings. The molecule has 0 atom stereocenters. The zero-order chi connectivity index (χ0) is 8.72. The van der Waals surface area contributed by atoms with Crippen LogP contribution < -0.4 is 0 Å². The average molecular weight is 272 g/mol. The number of hydrogen-bond donors (Lipinski definition) is 0. The van der Waals surface area contributed by atoms with Crippen molar-refractivity contribution in [2.45, 2.75) is 6.92 Å². The zero-order valence-corrected chi connectivity index (χ0v) is 9.16. The van der Waals surface area contributed by atoms with Crippen LogP contribution in [0.25, 0.3) is 11.0 Å². The standard InChI is InChI=1S/C9H9IN2/c1-6-3-7-8(10)5-12(2)9(7)11-4-6/h3-5H,1-2H3. The minimum absolute atomic E-state index is 1.06. The van der Waals surface area contributed by atoms with Crippen LogP contribution in [0.4, 0.5) is 0 Å². The Labute approximate surface area is 84.7 Å². The summed E-state index contributed by atoms with van der Waals surface area (Å²) in [6.45, 7) is 2.06. The van der Waals surface area contributed by atoms with Crippen molar-refractivity contribution in [1.29, 1.82) is 0 Å². The van der Waals surface area contributed by atoms with E-state index >= 15 is 0 Å². The van der Waals surface area contributed by atoms with Crippen molar-refractivity contribution in [3.63, 3.8) is 0 Å². The smallest absolute Gasteiger partial charge is 0.140 e. The van der Waals surface area contributed by atoms with Gasteiger partial charge in [0.2, 0.25) is 0 Å². The van der Waals surface area contributed by atoms with Crippen molar-refractivity contribution < 1.29 is 0 Å². The van der Waals surface area contributed by atoms with Crippen molar-refractivity contribution in [3.8, 4) is 0 Å². The van der Waals surface area contributed by atoms with Gasteiger partial charge in [-0.1, -0.05) is 0 Å². The quantitative estimate of drug-likeness (QED) is 0.674. The van der Waals surface area contributed by atoms with E-state index in [-0.39, 0.29) is 0 Å². The van der Waals surface area contributed by atoms with Gasteiger partial charge < -0.3 is 4.57 Å². The van der Waals surface area contributed by atoms with Gasteiger partial charge in [0.15, 0.2) is 0 Å². The molecule has 0 amide bonds. The molecule has 0 unspecified atom stereocenters. The van der Waals surface area contributed by atoms with Gasteiger partial charge in [-0.2, -0.15) is 0 Å². The summed E-state index contributed by atoms with van der Waals surface area (Å²) in [5.74, 6) is 0. The Morgan fingerprint density at radius 3 is 3.00 bits per heavy atom. The van der Waals surface area contributed by atoms with Gasteiger partial charge in [-0.25, -0.2) is 4.98 Å². The summed E-state index contributed by atoms with van der Waals surface area (Å²) < 4.78 is 3.32. The number of fused-ring (bicyclic) bond motifs is 1. The molecule has 2 nitrogen and oxygen atoms in total. The number of nitrogens with zero attached hydrogens (tertiary/aromatic N) is 2. The van der Waals surface area contributed by atoms with Gasteiger partial charge in [-0.05, 0) is 41.1 Å². The number of hydrogen-bond acceptors (Lipinski definition) is 1. The van der Waals surface area contributed by atoms with Crippen molar-refractivity contribution in [2.24, 2.45) is 7.05 Å². The van der Waals surface area contributed by atoms with Gasteiger partial charge in [0.25, 0.3) is 0 Å². The highest BCUT2D eigenvalue weighted by atomic mass is 127. The van der Waals surface area contributed by atoms with E-state index in [0.717, 1.165) is 5.65 Å². The fourth-order valence-corrected chi connectivity index (χ4v) is 2.13. The fraction of sp³-hybridized carbons (Fsp3) is 0.222. The maximum Gasteiger partial charge on any atom is 0.140 e. The van der Waals surface area contributed by atoms with Crippen molar-refractivity contribution in [3.05, 3.63) is 27.6 Å². The molecule has 0 aliphatic heterocycles. The largest absolute Gasteiger partial charge is 0.334 e. The minimum Gasteiger partial charge on any atom is -0.334 e. The van der Waals surface area contributed by atoms with Crippen LogP contribution in [0.2, 0.25) is 0 Å². The lowest BCUT2D eigenvalue weighted by Crippen LogP contribution is -1.87. The predicted molar refractivity (Wildman–Crippen MR) is 58.2 cm³/mol. The van der Waals surface area contributed by atoms with E-state index in [4.69, 9.17) is 0 Å². The summed E-state index contributed by atoms with van der Waals surface area (Å²) in [5, 5.41) is 1.25. The Balaban J connectivity index is 2.90. The first-order chi connectivity index (χ1) is 5.68. The highest BCUT2D eigenvalue weighted by Gasteiger charge is 2.03. The van der Waals surface area contributed by atoms with E-state index in [9.17, 15) is 0 Å². The van der Waals surface area contributed by atoms with Gasteiger partial charge in [-0.15, -0.1) is 0 Å². The third kappa shape index (κ3) is 1.12. The Kier molecular flexibility index (Phi) is 1.83. The minimum atomic E-state index is 1.06. The lowest BCUT2D eigenvalue weighted by molar-refractivity contribution is 0.945. The molecule has 12 heavy (non-hydrogen) atoms. The SMILES string of the molecule is Cc1cnc2c(c1)c(I)cn2C. The van der Waals surface area contributed by atoms with Gasteiger partial charge in [0, 0.05) is 28.4 Å². The van der Waals surface area contributed by atoms with Crippen LogP contribution in [0.3, 0.4) is 0 Å². The summed E-state index contributed by atoms with van der Waals surface area (Å²) in [7, 11) is 2.02. The monoisotopic (exact) mass is 272 g/mol. The highest BCUT2D eigenvalue weighted by molar-refractivity contribution is 14.1. The fourth-order valence-electron chi connectivity index (χ4n) is 1.32. The highest BCUT2D eigenvalue weighted by Crippen LogP contribution is 2.20. The van der Waals surface area contributed by atoms with Crippen LogP contribution in [0.5, 0.6) is 0 Å². The van der Waals surface area contributed by atoms with E-state index in [2.05, 4.69) is 51.3 Å². The average Bonchev–Trinajstić information content (AvgIpc) is 2.28. The van der Waals surface area contributed by atoms with Crippen LogP contribution in [-0.2, 0) is 7.05 Å². The third-order valence-corrected chi connectivity index (χ3v) is 2.76. The number of aryl methyl sites for hydroxylation is 2. The summed E-state index contributed by atoms with van der Waals surface area (Å²) in [6.07, 6.45) is 4.00. The van der Waals surface area contributed by atoms with Crippen LogP contribution in [0.15, 0.2) is 18.5 Å². The topological polar surface area (TPSA) is 17.8 Å². The number of halogens is 1. The molecule has 0 fully saturated rings. The Morgan fingerprint density at radius 1 is 1.50 bits per heavy atom. The molecule has 0 aliphatic rings. The second-order valence-corrected chi connectivity index (χ2v) is 4.13. The lowest BCUT2D eigenvalue weighted by atomic mass is 10.2. The summed E-state index contributed by atoms with van der Waals surface area (Å²) >= 11 is 2.33. The first kappa shape index (κ1) is 8.04. The molecule has 2 aromatic heterocycles. The van der Waals surface area contributed by atoms with E-state index < -0.39 is 0 Å². The molecule has 2 heterocycles. The van der Waals surface area contributed by atoms with Gasteiger partial charge >= 0.3 is 0 Å². The molecule has 0 bridgehead atoms. The van der Waals surface area contributed by atoms with Crippen molar-refractivity contribution in [1.82, 2.24) is 9.55 Å². The Hall–Kier alpha value is -0.580. The molecule has 0 radical (unpaired) electrons. The second kappa shape index (κ2) is 2.73. The summed E-state index contributed by atoms with van der Waals surface area (Å²) in [6, 6.07) is 2.17. The molecule has 3 heteroatoms. The van der Waals surface area contributed by atoms with Gasteiger partial charge in [0.05, 0.1) is 0 Å². The van der Waals surface area contributed by atoms with Crippen molar-refractivity contribution in [2.75, 3.05) is 0 Å². The Morgan fingerprint density at radius 2 is 2.25 bits per heavy atom. The Bertz CT molecular complexity index is 431. The van der Waals surface area contributed by atoms with E-state index in [1.807, 2.05) is 13.2 Å². The maximum absolute atomic E-state index is 4.36. The second-order valence-electron chi connectivity index (χ2n) is 2.97. The van der Waals surface area contributed by atoms with Gasteiger partial charge in [0.1, 0.15) is 5.65 Å². The van der Waals surface area contributed by atoms with Crippen molar-refractivity contribution >= 4 is 33.6 Å². The summed E-state index contributed by atoms with van der Waals surface area (Å²) in [5.41, 5.74) is 2.27. The molecule has 0 saturated carbocycles. The molecule has 2 rings (SSSR count). The maximum atomic E-state index is 4.36. The van der Waals surface area contributed by atoms with E-state index in [1.54, 1.807) is 0 Å². The molecule has 0 N–H and O–H groups in total. The van der Waals surface area contributed by atoms with Crippen LogP contribution in [-0.4, -0.2) is 9.55 Å². The summed E-state index contributed by atoms with van der Waals surface area (Å²) in [4.78, 5) is 4.36. The first-order valence-electron chi connectivity index (χ1n) is 3.75. The molecule has 0 aliphatic carbocycles. The van der Waals surface area contributed by atoms with Crippen LogP contribution in [0, 0.1) is 10.5 Å². The molecular formula is C9H9IN2. The molecule has 62 valence electrons. The lowest BCUT2D eigenvalue weighted by Gasteiger charge is -1.95. The molecule has 0 spiro atoms.